The van der Waals surface area contributed by atoms with Gasteiger partial charge in [-0.2, -0.15) is 0 Å². The maximum atomic E-state index is 6.69. The summed E-state index contributed by atoms with van der Waals surface area (Å²) in [6.07, 6.45) is 0. The van der Waals surface area contributed by atoms with E-state index in [0.29, 0.717) is 0 Å². The Bertz CT molecular complexity index is 423. The molecule has 0 aliphatic heterocycles. The van der Waals surface area contributed by atoms with Crippen molar-refractivity contribution in [2.24, 2.45) is 0 Å². The molecule has 0 unspecified atom stereocenters. The van der Waals surface area contributed by atoms with Crippen molar-refractivity contribution in [2.75, 3.05) is 5.73 Å². The van der Waals surface area contributed by atoms with Crippen LogP contribution in [0.25, 0.3) is 11.1 Å². The van der Waals surface area contributed by atoms with Gasteiger partial charge < -0.3 is 10.3 Å². The maximum absolute atomic E-state index is 6.69. The molecular formula is C13H14NOS. The fourth-order valence-electron chi connectivity index (χ4n) is 1.64. The van der Waals surface area contributed by atoms with Crippen molar-refractivity contribution in [3.63, 3.8) is 0 Å². The molecule has 0 heterocycles. The summed E-state index contributed by atoms with van der Waals surface area (Å²) in [6, 6.07) is 16.8. The van der Waals surface area contributed by atoms with Gasteiger partial charge in [0.05, 0.1) is 0 Å². The van der Waals surface area contributed by atoms with Crippen LogP contribution in [0.4, 0.5) is 5.69 Å². The number of benzene rings is 2. The predicted molar refractivity (Wildman–Crippen MR) is 71.5 cm³/mol. The minimum absolute atomic E-state index is 0.830. The first-order chi connectivity index (χ1) is 7.79. The highest BCUT2D eigenvalue weighted by atomic mass is 32.1. The number of anilines is 1. The summed E-state index contributed by atoms with van der Waals surface area (Å²) >= 11 is 2.53. The molecule has 0 atom stereocenters. The van der Waals surface area contributed by atoms with Crippen LogP contribution in [-0.4, -0.2) is 4.55 Å². The highest BCUT2D eigenvalue weighted by Crippen LogP contribution is 2.28. The molecule has 2 aromatic rings. The fourth-order valence-corrected chi connectivity index (χ4v) is 1.64. The van der Waals surface area contributed by atoms with E-state index in [4.69, 9.17) is 10.3 Å². The molecule has 0 aromatic heterocycles. The summed E-state index contributed by atoms with van der Waals surface area (Å²) in [4.78, 5) is 0. The Morgan fingerprint density at radius 2 is 1.75 bits per heavy atom. The van der Waals surface area contributed by atoms with Gasteiger partial charge in [-0.3, -0.25) is 0 Å². The third-order valence-corrected chi connectivity index (χ3v) is 2.31. The first-order valence-corrected chi connectivity index (χ1v) is 5.20. The molecule has 2 nitrogen and oxygen atoms in total. The van der Waals surface area contributed by atoms with Gasteiger partial charge >= 0.3 is 0 Å². The van der Waals surface area contributed by atoms with Gasteiger partial charge in [-0.05, 0) is 43.1 Å². The van der Waals surface area contributed by atoms with E-state index in [1.54, 1.807) is 0 Å². The van der Waals surface area contributed by atoms with Crippen molar-refractivity contribution in [2.45, 2.75) is 6.92 Å². The van der Waals surface area contributed by atoms with Crippen molar-refractivity contribution >= 4 is 18.6 Å². The van der Waals surface area contributed by atoms with Gasteiger partial charge in [0.15, 0.2) is 0 Å². The van der Waals surface area contributed by atoms with Crippen LogP contribution in [-0.2, 0) is 0 Å². The molecular weight excluding hydrogens is 218 g/mol. The van der Waals surface area contributed by atoms with Crippen LogP contribution < -0.4 is 5.73 Å². The van der Waals surface area contributed by atoms with Gasteiger partial charge in [0.25, 0.3) is 0 Å². The molecule has 0 aliphatic carbocycles. The van der Waals surface area contributed by atoms with E-state index >= 15 is 0 Å². The Hall–Kier alpha value is -1.45. The Labute approximate surface area is 101 Å². The minimum atomic E-state index is 0.830. The summed E-state index contributed by atoms with van der Waals surface area (Å²) in [5, 5.41) is 0. The van der Waals surface area contributed by atoms with E-state index in [1.165, 1.54) is 5.56 Å². The van der Waals surface area contributed by atoms with Crippen molar-refractivity contribution in [1.29, 1.82) is 0 Å². The molecule has 1 radical (unpaired) electrons. The number of aryl methyl sites for hydroxylation is 1. The third-order valence-electron chi connectivity index (χ3n) is 2.31. The Kier molecular flexibility index (Phi) is 4.89. The van der Waals surface area contributed by atoms with E-state index in [2.05, 4.69) is 32.0 Å². The standard InChI is InChI=1S/C13H12N.H2OS/c1-10-6-5-9-12(14)13(10)11-7-3-2-4-8-11;1-2/h3-9H,14H2,1H3;1-2H. The summed E-state index contributed by atoms with van der Waals surface area (Å²) < 4.78 is 6.69. The number of hydrogen-bond donors (Lipinski definition) is 3. The minimum Gasteiger partial charge on any atom is -0.398 e. The van der Waals surface area contributed by atoms with Gasteiger partial charge in [0.1, 0.15) is 0 Å². The number of nitrogens with two attached hydrogens (primary N) is 1. The van der Waals surface area contributed by atoms with Gasteiger partial charge in [-0.15, -0.1) is 0 Å². The highest BCUT2D eigenvalue weighted by molar-refractivity contribution is 7.74. The van der Waals surface area contributed by atoms with E-state index in [9.17, 15) is 0 Å². The highest BCUT2D eigenvalue weighted by Gasteiger charge is 2.03. The molecule has 0 saturated heterocycles. The van der Waals surface area contributed by atoms with Crippen LogP contribution >= 0.6 is 12.9 Å². The first-order valence-electron chi connectivity index (χ1n) is 4.80. The molecule has 0 amide bonds. The molecule has 0 bridgehead atoms. The summed E-state index contributed by atoms with van der Waals surface area (Å²) in [7, 11) is 0. The van der Waals surface area contributed by atoms with Crippen molar-refractivity contribution in [1.82, 2.24) is 0 Å². The first kappa shape index (κ1) is 12.6. The molecule has 0 spiro atoms. The summed E-state index contributed by atoms with van der Waals surface area (Å²) in [5.74, 6) is 0. The van der Waals surface area contributed by atoms with Crippen LogP contribution in [0.15, 0.2) is 42.5 Å². The topological polar surface area (TPSA) is 46.2 Å². The Balaban J connectivity index is 0.000000606. The predicted octanol–water partition coefficient (Wildman–Crippen LogP) is 3.43. The lowest BCUT2D eigenvalue weighted by atomic mass is 9.99. The average Bonchev–Trinajstić information content (AvgIpc) is 2.33. The van der Waals surface area contributed by atoms with Crippen LogP contribution in [0.1, 0.15) is 5.56 Å². The second-order valence-corrected chi connectivity index (χ2v) is 3.33. The number of hydrogen-bond acceptors (Lipinski definition) is 3. The quantitative estimate of drug-likeness (QED) is 0.401. The fraction of sp³-hybridized carbons (Fsp3) is 0.0769. The molecule has 0 aliphatic rings. The van der Waals surface area contributed by atoms with Crippen LogP contribution in [0.2, 0.25) is 0 Å². The van der Waals surface area contributed by atoms with E-state index in [0.717, 1.165) is 16.8 Å². The van der Waals surface area contributed by atoms with E-state index < -0.39 is 0 Å². The lowest BCUT2D eigenvalue weighted by molar-refractivity contribution is 0.679. The molecule has 3 heteroatoms. The van der Waals surface area contributed by atoms with E-state index in [1.807, 2.05) is 36.4 Å². The molecule has 0 fully saturated rings. The molecule has 83 valence electrons. The Morgan fingerprint density at radius 3 is 2.31 bits per heavy atom. The third kappa shape index (κ3) is 2.78. The van der Waals surface area contributed by atoms with Gasteiger partial charge in [-0.25, -0.2) is 0 Å². The Morgan fingerprint density at radius 1 is 1.12 bits per heavy atom. The van der Waals surface area contributed by atoms with Crippen LogP contribution in [0, 0.1) is 13.0 Å². The number of nitrogen functional groups attached to an aromatic ring is 1. The van der Waals surface area contributed by atoms with Crippen molar-refractivity contribution in [3.05, 3.63) is 54.1 Å². The van der Waals surface area contributed by atoms with Crippen molar-refractivity contribution in [3.8, 4) is 11.1 Å². The molecule has 3 N–H and O–H groups in total. The second kappa shape index (κ2) is 6.20. The monoisotopic (exact) mass is 232 g/mol. The largest absolute Gasteiger partial charge is 0.398 e. The van der Waals surface area contributed by atoms with E-state index in [-0.39, 0.29) is 0 Å². The molecule has 0 saturated carbocycles. The normalized spacial score (nSPS) is 9.19. The summed E-state index contributed by atoms with van der Waals surface area (Å²) in [5.41, 5.74) is 10.3. The van der Waals surface area contributed by atoms with Gasteiger partial charge in [-0.1, -0.05) is 36.4 Å². The number of rotatable bonds is 1. The summed E-state index contributed by atoms with van der Waals surface area (Å²) in [6.45, 7) is 2.07. The lowest BCUT2D eigenvalue weighted by Gasteiger charge is -2.08. The SMILES string of the molecule is Cc1cccc(N)c1-c1cc[c]cc1.OS. The average molecular weight is 232 g/mol. The van der Waals surface area contributed by atoms with Gasteiger partial charge in [0, 0.05) is 11.3 Å². The second-order valence-electron chi connectivity index (χ2n) is 3.33. The van der Waals surface area contributed by atoms with Gasteiger partial charge in [0.2, 0.25) is 0 Å². The van der Waals surface area contributed by atoms with Crippen LogP contribution in [0.5, 0.6) is 0 Å². The van der Waals surface area contributed by atoms with Crippen LogP contribution in [0.3, 0.4) is 0 Å². The zero-order valence-corrected chi connectivity index (χ0v) is 9.91. The van der Waals surface area contributed by atoms with Crippen molar-refractivity contribution < 1.29 is 4.55 Å². The molecule has 2 aromatic carbocycles. The molecule has 16 heavy (non-hydrogen) atoms. The lowest BCUT2D eigenvalue weighted by Crippen LogP contribution is -1.92. The number of thiol groups is 1. The maximum Gasteiger partial charge on any atom is 0.0396 e. The zero-order chi connectivity index (χ0) is 12.0. The molecule has 2 rings (SSSR count). The zero-order valence-electron chi connectivity index (χ0n) is 9.01. The smallest absolute Gasteiger partial charge is 0.0396 e.